The number of benzene rings is 1. The Morgan fingerprint density at radius 2 is 1.96 bits per heavy atom. The monoisotopic (exact) mass is 379 g/mol. The van der Waals surface area contributed by atoms with Gasteiger partial charge in [0, 0.05) is 6.04 Å². The highest BCUT2D eigenvalue weighted by Crippen LogP contribution is 2.57. The zero-order valence-electron chi connectivity index (χ0n) is 15.6. The number of carbonyl (C=O) groups excluding carboxylic acids is 1. The van der Waals surface area contributed by atoms with Crippen molar-refractivity contribution in [3.05, 3.63) is 62.5 Å². The summed E-state index contributed by atoms with van der Waals surface area (Å²) in [5.41, 5.74) is -0.0377. The first-order chi connectivity index (χ1) is 13.5. The van der Waals surface area contributed by atoms with Crippen LogP contribution in [0.4, 0.5) is 0 Å². The molecule has 2 saturated carbocycles. The predicted molar refractivity (Wildman–Crippen MR) is 104 cm³/mol. The molecule has 7 heteroatoms. The van der Waals surface area contributed by atoms with Crippen LogP contribution in [0, 0.1) is 12.3 Å². The number of fused-ring (bicyclic) bond motifs is 1. The van der Waals surface area contributed by atoms with Gasteiger partial charge in [-0.25, -0.2) is 9.36 Å². The largest absolute Gasteiger partial charge is 0.444 e. The number of hydrogen-bond acceptors (Lipinski definition) is 4. The Hall–Kier alpha value is -3.09. The molecule has 2 heterocycles. The maximum Gasteiger partial charge on any atom is 0.335 e. The molecule has 1 aromatic carbocycles. The van der Waals surface area contributed by atoms with Gasteiger partial charge < -0.3 is 9.73 Å². The van der Waals surface area contributed by atoms with Gasteiger partial charge in [0.2, 0.25) is 5.71 Å². The van der Waals surface area contributed by atoms with Crippen molar-refractivity contribution in [2.24, 2.45) is 5.41 Å². The summed E-state index contributed by atoms with van der Waals surface area (Å²) in [4.78, 5) is 41.2. The molecule has 144 valence electrons. The number of amides is 1. The van der Waals surface area contributed by atoms with Gasteiger partial charge >= 0.3 is 5.69 Å². The number of hydrogen-bond donors (Lipinski definition) is 2. The number of nitrogens with zero attached hydrogens (tertiary/aromatic N) is 1. The van der Waals surface area contributed by atoms with Crippen molar-refractivity contribution in [2.75, 3.05) is 0 Å². The van der Waals surface area contributed by atoms with E-state index in [1.165, 1.54) is 12.8 Å². The number of aromatic amines is 1. The number of aryl methyl sites for hydroxylation is 1. The van der Waals surface area contributed by atoms with E-state index >= 15 is 0 Å². The lowest BCUT2D eigenvalue weighted by Crippen LogP contribution is -2.36. The maximum atomic E-state index is 13.1. The highest BCUT2D eigenvalue weighted by molar-refractivity contribution is 6.06. The van der Waals surface area contributed by atoms with Crippen LogP contribution in [-0.2, 0) is 0 Å². The number of rotatable bonds is 3. The molecule has 7 nitrogen and oxygen atoms in total. The van der Waals surface area contributed by atoms with Crippen LogP contribution >= 0.6 is 0 Å². The summed E-state index contributed by atoms with van der Waals surface area (Å²) in [5.74, 6) is 0.00732. The molecule has 1 unspecified atom stereocenters. The molecule has 28 heavy (non-hydrogen) atoms. The highest BCUT2D eigenvalue weighted by atomic mass is 16.3. The normalized spacial score (nSPS) is 20.0. The molecule has 2 aliphatic rings. The summed E-state index contributed by atoms with van der Waals surface area (Å²) in [5, 5.41) is 3.18. The van der Waals surface area contributed by atoms with Gasteiger partial charge in [0.05, 0.1) is 11.3 Å². The minimum atomic E-state index is -0.601. The summed E-state index contributed by atoms with van der Waals surface area (Å²) >= 11 is 0. The van der Waals surface area contributed by atoms with E-state index in [2.05, 4.69) is 10.3 Å². The third-order valence-electron chi connectivity index (χ3n) is 6.16. The molecule has 0 saturated heterocycles. The Morgan fingerprint density at radius 3 is 2.64 bits per heavy atom. The zero-order valence-corrected chi connectivity index (χ0v) is 15.6. The van der Waals surface area contributed by atoms with Crippen molar-refractivity contribution in [2.45, 2.75) is 45.1 Å². The lowest BCUT2D eigenvalue weighted by molar-refractivity contribution is 0.0937. The minimum Gasteiger partial charge on any atom is -0.444 e. The average molecular weight is 379 g/mol. The molecule has 2 aliphatic carbocycles. The summed E-state index contributed by atoms with van der Waals surface area (Å²) in [6.07, 6.45) is 5.60. The number of para-hydroxylation sites is 1. The van der Waals surface area contributed by atoms with Crippen LogP contribution in [0.1, 0.15) is 48.2 Å². The number of nitrogens with one attached hydrogen (secondary N) is 2. The Labute approximate surface area is 160 Å². The zero-order chi connectivity index (χ0) is 19.5. The maximum absolute atomic E-state index is 13.1. The summed E-state index contributed by atoms with van der Waals surface area (Å²) in [6, 6.07) is 8.75. The third kappa shape index (κ3) is 2.61. The van der Waals surface area contributed by atoms with Crippen molar-refractivity contribution < 1.29 is 9.21 Å². The van der Waals surface area contributed by atoms with Crippen molar-refractivity contribution >= 4 is 17.0 Å². The van der Waals surface area contributed by atoms with Gasteiger partial charge in [-0.3, -0.25) is 14.6 Å². The Morgan fingerprint density at radius 1 is 1.21 bits per heavy atom. The molecule has 2 fully saturated rings. The van der Waals surface area contributed by atoms with E-state index < -0.39 is 11.2 Å². The molecule has 0 bridgehead atoms. The van der Waals surface area contributed by atoms with Crippen LogP contribution < -0.4 is 16.6 Å². The fourth-order valence-corrected chi connectivity index (χ4v) is 4.50. The molecule has 0 aliphatic heterocycles. The topological polar surface area (TPSA) is 97.1 Å². The van der Waals surface area contributed by atoms with Crippen LogP contribution in [0.15, 0.2) is 44.3 Å². The molecule has 1 amide bonds. The Kier molecular flexibility index (Phi) is 3.62. The van der Waals surface area contributed by atoms with Crippen LogP contribution in [0.25, 0.3) is 16.8 Å². The molecule has 1 atom stereocenters. The standard InChI is InChI=1S/C21H21N3O4/c1-12-15(17(25)22-13-7-8-21(11-13)9-10-21)16-18(28-12)23-20(27)24(19(16)26)14-5-3-2-4-6-14/h2-6,13H,7-11H2,1H3,(H,22,25)(H,23,27). The van der Waals surface area contributed by atoms with Crippen LogP contribution in [0.5, 0.6) is 0 Å². The lowest BCUT2D eigenvalue weighted by Gasteiger charge is -2.12. The van der Waals surface area contributed by atoms with E-state index in [0.29, 0.717) is 16.9 Å². The number of H-pyrrole nitrogens is 1. The van der Waals surface area contributed by atoms with Crippen molar-refractivity contribution in [1.29, 1.82) is 0 Å². The highest BCUT2D eigenvalue weighted by Gasteiger charge is 2.48. The van der Waals surface area contributed by atoms with Crippen molar-refractivity contribution in [3.8, 4) is 5.69 Å². The van der Waals surface area contributed by atoms with Gasteiger partial charge in [0.1, 0.15) is 11.1 Å². The van der Waals surface area contributed by atoms with E-state index in [9.17, 15) is 14.4 Å². The molecule has 1 spiro atoms. The average Bonchev–Trinajstić information content (AvgIpc) is 3.17. The molecular formula is C21H21N3O4. The van der Waals surface area contributed by atoms with Crippen molar-refractivity contribution in [3.63, 3.8) is 0 Å². The van der Waals surface area contributed by atoms with E-state index in [0.717, 1.165) is 23.8 Å². The quantitative estimate of drug-likeness (QED) is 0.731. The van der Waals surface area contributed by atoms with Gasteiger partial charge in [-0.2, -0.15) is 0 Å². The molecule has 2 N–H and O–H groups in total. The first kappa shape index (κ1) is 17.0. The first-order valence-electron chi connectivity index (χ1n) is 9.62. The van der Waals surface area contributed by atoms with Gasteiger partial charge in [0.15, 0.2) is 0 Å². The molecular weight excluding hydrogens is 358 g/mol. The minimum absolute atomic E-state index is 0.0370. The second-order valence-corrected chi connectivity index (χ2v) is 8.06. The van der Waals surface area contributed by atoms with Crippen LogP contribution in [-0.4, -0.2) is 21.5 Å². The van der Waals surface area contributed by atoms with E-state index in [1.54, 1.807) is 37.3 Å². The van der Waals surface area contributed by atoms with Crippen molar-refractivity contribution in [1.82, 2.24) is 14.9 Å². The molecule has 5 rings (SSSR count). The molecule has 2 aromatic heterocycles. The summed E-state index contributed by atoms with van der Waals surface area (Å²) < 4.78 is 6.59. The third-order valence-corrected chi connectivity index (χ3v) is 6.16. The lowest BCUT2D eigenvalue weighted by atomic mass is 10.1. The fraction of sp³-hybridized carbons (Fsp3) is 0.381. The van der Waals surface area contributed by atoms with Crippen LogP contribution in [0.3, 0.4) is 0 Å². The number of aromatic nitrogens is 2. The number of furan rings is 1. The smallest absolute Gasteiger partial charge is 0.335 e. The SMILES string of the molecule is Cc1oc2[nH]c(=O)n(-c3ccccc3)c(=O)c2c1C(=O)NC1CCC2(CC2)C1. The van der Waals surface area contributed by atoms with Crippen LogP contribution in [0.2, 0.25) is 0 Å². The van der Waals surface area contributed by atoms with Gasteiger partial charge in [-0.05, 0) is 56.6 Å². The predicted octanol–water partition coefficient (Wildman–Crippen LogP) is 2.64. The van der Waals surface area contributed by atoms with Gasteiger partial charge in [-0.1, -0.05) is 18.2 Å². The second kappa shape index (κ2) is 5.95. The molecule has 0 radical (unpaired) electrons. The van der Waals surface area contributed by atoms with Gasteiger partial charge in [-0.15, -0.1) is 0 Å². The first-order valence-corrected chi connectivity index (χ1v) is 9.62. The Balaban J connectivity index is 1.59. The van der Waals surface area contributed by atoms with E-state index in [4.69, 9.17) is 4.42 Å². The second-order valence-electron chi connectivity index (χ2n) is 8.06. The summed E-state index contributed by atoms with van der Waals surface area (Å²) in [6.45, 7) is 1.64. The van der Waals surface area contributed by atoms with E-state index in [1.807, 2.05) is 0 Å². The van der Waals surface area contributed by atoms with Gasteiger partial charge in [0.25, 0.3) is 11.5 Å². The fourth-order valence-electron chi connectivity index (χ4n) is 4.50. The van der Waals surface area contributed by atoms with E-state index in [-0.39, 0.29) is 28.6 Å². The molecule has 3 aromatic rings. The Bertz CT molecular complexity index is 1200. The summed E-state index contributed by atoms with van der Waals surface area (Å²) in [7, 11) is 0. The number of carbonyl (C=O) groups is 1.